The largest absolute Gasteiger partial charge is 0.383 e. The van der Waals surface area contributed by atoms with E-state index in [1.807, 2.05) is 30.3 Å². The third kappa shape index (κ3) is 5.85. The van der Waals surface area contributed by atoms with E-state index in [9.17, 15) is 10.1 Å². The maximum atomic E-state index is 13.8. The molecule has 3 aliphatic rings. The van der Waals surface area contributed by atoms with Gasteiger partial charge in [0.25, 0.3) is 5.91 Å². The molecular weight excluding hydrogens is 488 g/mol. The Kier molecular flexibility index (Phi) is 7.74. The fourth-order valence-corrected chi connectivity index (χ4v) is 5.67. The molecule has 39 heavy (non-hydrogen) atoms. The summed E-state index contributed by atoms with van der Waals surface area (Å²) < 4.78 is 5.22. The number of allylic oxidation sites excluding steroid dienone is 1. The van der Waals surface area contributed by atoms with Crippen molar-refractivity contribution in [2.45, 2.75) is 39.5 Å². The molecule has 3 aliphatic heterocycles. The normalized spacial score (nSPS) is 17.9. The molecule has 2 aromatic rings. The second-order valence-corrected chi connectivity index (χ2v) is 11.7. The molecule has 0 spiro atoms. The Hall–Kier alpha value is -3.67. The number of nitrogens with zero attached hydrogens (tertiary/aromatic N) is 5. The quantitative estimate of drug-likeness (QED) is 0.623. The summed E-state index contributed by atoms with van der Waals surface area (Å²) in [6.45, 7) is 11.4. The first-order chi connectivity index (χ1) is 18.8. The molecule has 2 aromatic carbocycles. The molecule has 0 aromatic heterocycles. The van der Waals surface area contributed by atoms with Crippen LogP contribution in [0.4, 0.5) is 5.69 Å². The van der Waals surface area contributed by atoms with Crippen LogP contribution in [0.1, 0.15) is 55.5 Å². The Balaban J connectivity index is 1.40. The summed E-state index contributed by atoms with van der Waals surface area (Å²) in [4.78, 5) is 24.7. The minimum Gasteiger partial charge on any atom is -0.383 e. The molecule has 1 saturated heterocycles. The van der Waals surface area contributed by atoms with Crippen molar-refractivity contribution in [3.05, 3.63) is 76.1 Å². The standard InChI is InChI=1S/C31H38N6O2/c1-31(2,3)20-36-19-25(18-32)34-26-6-5-7-27-28(26)29(36)33-21-37(27)30(38)24-10-8-22(9-11-24)23-12-14-35(15-13-23)16-17-39-4/h5-11,19,23,33H,12-17,20-21H2,1-4H3. The number of benzene rings is 2. The van der Waals surface area contributed by atoms with Crippen LogP contribution in [-0.4, -0.2) is 62.3 Å². The Morgan fingerprint density at radius 2 is 1.90 bits per heavy atom. The highest BCUT2D eigenvalue weighted by molar-refractivity contribution is 6.06. The number of nitrogens with one attached hydrogen (secondary N) is 1. The van der Waals surface area contributed by atoms with Crippen molar-refractivity contribution in [2.75, 3.05) is 51.5 Å². The summed E-state index contributed by atoms with van der Waals surface area (Å²) in [5, 5.41) is 14.7. The van der Waals surface area contributed by atoms with Crippen molar-refractivity contribution in [3.8, 4) is 6.07 Å². The Labute approximate surface area is 230 Å². The average molecular weight is 527 g/mol. The van der Waals surface area contributed by atoms with Crippen molar-refractivity contribution >= 4 is 17.4 Å². The number of carbonyl (C=O) groups excluding carboxylic acids is 1. The van der Waals surface area contributed by atoms with Gasteiger partial charge in [-0.2, -0.15) is 5.26 Å². The second kappa shape index (κ2) is 11.2. The van der Waals surface area contributed by atoms with Crippen LogP contribution in [-0.2, 0) is 4.74 Å². The van der Waals surface area contributed by atoms with Gasteiger partial charge in [-0.1, -0.05) is 39.0 Å². The summed E-state index contributed by atoms with van der Waals surface area (Å²) >= 11 is 0. The van der Waals surface area contributed by atoms with Gasteiger partial charge in [0.1, 0.15) is 11.9 Å². The Morgan fingerprint density at radius 1 is 1.15 bits per heavy atom. The highest BCUT2D eigenvalue weighted by Gasteiger charge is 2.29. The van der Waals surface area contributed by atoms with Crippen LogP contribution in [0, 0.1) is 16.7 Å². The van der Waals surface area contributed by atoms with E-state index in [2.05, 4.69) is 59.1 Å². The van der Waals surface area contributed by atoms with Gasteiger partial charge >= 0.3 is 0 Å². The van der Waals surface area contributed by atoms with Gasteiger partial charge in [0.05, 0.1) is 29.5 Å². The van der Waals surface area contributed by atoms with E-state index in [4.69, 9.17) is 4.74 Å². The van der Waals surface area contributed by atoms with Gasteiger partial charge in [0.2, 0.25) is 0 Å². The SMILES string of the molecule is COCCN1CCC(c2ccc(C(=O)N3CNC4=c5c3cccc5=NC(C#N)=CN4CC(C)(C)C)cc2)CC1. The fraction of sp³-hybridized carbons (Fsp3) is 0.452. The third-order valence-corrected chi connectivity index (χ3v) is 7.59. The highest BCUT2D eigenvalue weighted by atomic mass is 16.5. The zero-order chi connectivity index (χ0) is 27.6. The zero-order valence-electron chi connectivity index (χ0n) is 23.4. The smallest absolute Gasteiger partial charge is 0.259 e. The molecule has 0 saturated carbocycles. The lowest BCUT2D eigenvalue weighted by Gasteiger charge is -2.36. The number of hydrogen-bond acceptors (Lipinski definition) is 7. The summed E-state index contributed by atoms with van der Waals surface area (Å²) in [6, 6.07) is 16.1. The van der Waals surface area contributed by atoms with Crippen molar-refractivity contribution in [3.63, 3.8) is 0 Å². The van der Waals surface area contributed by atoms with Crippen molar-refractivity contribution < 1.29 is 9.53 Å². The van der Waals surface area contributed by atoms with Crippen molar-refractivity contribution in [1.29, 1.82) is 5.26 Å². The molecule has 5 rings (SSSR count). The van der Waals surface area contributed by atoms with Gasteiger partial charge in [-0.05, 0) is 67.1 Å². The molecule has 8 nitrogen and oxygen atoms in total. The Morgan fingerprint density at radius 3 is 2.56 bits per heavy atom. The third-order valence-electron chi connectivity index (χ3n) is 7.59. The molecule has 1 fully saturated rings. The molecule has 204 valence electrons. The van der Waals surface area contributed by atoms with Gasteiger partial charge in [0, 0.05) is 32.0 Å². The van der Waals surface area contributed by atoms with E-state index in [-0.39, 0.29) is 11.3 Å². The molecule has 0 atom stereocenters. The summed E-state index contributed by atoms with van der Waals surface area (Å²) in [5.41, 5.74) is 3.08. The zero-order valence-corrected chi connectivity index (χ0v) is 23.4. The number of nitriles is 1. The van der Waals surface area contributed by atoms with Crippen LogP contribution < -0.4 is 20.8 Å². The molecule has 3 heterocycles. The van der Waals surface area contributed by atoms with E-state index in [0.29, 0.717) is 35.7 Å². The predicted octanol–water partition coefficient (Wildman–Crippen LogP) is 3.13. The molecule has 1 N–H and O–H groups in total. The maximum absolute atomic E-state index is 13.8. The number of anilines is 1. The van der Waals surface area contributed by atoms with E-state index < -0.39 is 0 Å². The average Bonchev–Trinajstić information content (AvgIpc) is 3.08. The number of amides is 1. The van der Waals surface area contributed by atoms with E-state index >= 15 is 0 Å². The van der Waals surface area contributed by atoms with Crippen LogP contribution >= 0.6 is 0 Å². The Bertz CT molecular complexity index is 1410. The van der Waals surface area contributed by atoms with Gasteiger partial charge < -0.3 is 19.9 Å². The number of rotatable bonds is 6. The number of piperidine rings is 1. The van der Waals surface area contributed by atoms with E-state index in [0.717, 1.165) is 55.8 Å². The lowest BCUT2D eigenvalue weighted by atomic mass is 9.89. The lowest BCUT2D eigenvalue weighted by molar-refractivity contribution is 0.0984. The fourth-order valence-electron chi connectivity index (χ4n) is 5.67. The summed E-state index contributed by atoms with van der Waals surface area (Å²) in [5.74, 6) is 1.33. The van der Waals surface area contributed by atoms with Crippen LogP contribution in [0.15, 0.2) is 59.4 Å². The van der Waals surface area contributed by atoms with Gasteiger partial charge in [-0.3, -0.25) is 9.69 Å². The first-order valence-electron chi connectivity index (χ1n) is 13.7. The first kappa shape index (κ1) is 26.9. The number of carbonyl (C=O) groups is 1. The minimum absolute atomic E-state index is 0.0135. The molecular formula is C31H38N6O2. The maximum Gasteiger partial charge on any atom is 0.259 e. The number of hydrogen-bond donors (Lipinski definition) is 1. The predicted molar refractivity (Wildman–Crippen MR) is 152 cm³/mol. The first-order valence-corrected chi connectivity index (χ1v) is 13.7. The summed E-state index contributed by atoms with van der Waals surface area (Å²) in [7, 11) is 1.75. The van der Waals surface area contributed by atoms with Crippen molar-refractivity contribution in [2.24, 2.45) is 10.4 Å². The molecule has 0 aliphatic carbocycles. The van der Waals surface area contributed by atoms with Crippen LogP contribution in [0.25, 0.3) is 5.82 Å². The lowest BCUT2D eigenvalue weighted by Crippen LogP contribution is -2.53. The minimum atomic E-state index is -0.0593. The molecule has 0 unspecified atom stereocenters. The molecule has 0 radical (unpaired) electrons. The monoisotopic (exact) mass is 526 g/mol. The number of ether oxygens (including phenoxy) is 1. The number of likely N-dealkylation sites (tertiary alicyclic amines) is 1. The highest BCUT2D eigenvalue weighted by Crippen LogP contribution is 2.29. The van der Waals surface area contributed by atoms with Gasteiger partial charge in [0.15, 0.2) is 5.70 Å². The van der Waals surface area contributed by atoms with Crippen molar-refractivity contribution in [1.82, 2.24) is 15.1 Å². The van der Waals surface area contributed by atoms with Crippen LogP contribution in [0.2, 0.25) is 0 Å². The molecule has 0 bridgehead atoms. The number of methoxy groups -OCH3 is 1. The van der Waals surface area contributed by atoms with Crippen LogP contribution in [0.3, 0.4) is 0 Å². The topological polar surface area (TPSA) is 84.2 Å². The molecule has 8 heteroatoms. The van der Waals surface area contributed by atoms with Crippen LogP contribution in [0.5, 0.6) is 0 Å². The van der Waals surface area contributed by atoms with E-state index in [1.165, 1.54) is 5.56 Å². The van der Waals surface area contributed by atoms with E-state index in [1.54, 1.807) is 18.2 Å². The van der Waals surface area contributed by atoms with Gasteiger partial charge in [-0.15, -0.1) is 0 Å². The molecule has 1 amide bonds. The summed E-state index contributed by atoms with van der Waals surface area (Å²) in [6.07, 6.45) is 4.04. The second-order valence-electron chi connectivity index (χ2n) is 11.7. The van der Waals surface area contributed by atoms with Gasteiger partial charge in [-0.25, -0.2) is 4.99 Å².